The molecule has 0 fully saturated rings. The number of rotatable bonds is 4. The maximum absolute atomic E-state index is 11.5. The Labute approximate surface area is 118 Å². The number of thiophene rings is 1. The van der Waals surface area contributed by atoms with Crippen molar-refractivity contribution in [2.45, 2.75) is 10.8 Å². The van der Waals surface area contributed by atoms with Crippen molar-refractivity contribution in [1.82, 2.24) is 5.16 Å². The van der Waals surface area contributed by atoms with Gasteiger partial charge in [0.25, 0.3) is 5.03 Å². The molecule has 0 saturated carbocycles. The van der Waals surface area contributed by atoms with Crippen molar-refractivity contribution in [1.29, 1.82) is 0 Å². The van der Waals surface area contributed by atoms with Gasteiger partial charge in [0.15, 0.2) is 12.0 Å². The van der Waals surface area contributed by atoms with E-state index in [2.05, 4.69) is 5.16 Å². The molecule has 4 nitrogen and oxygen atoms in total. The van der Waals surface area contributed by atoms with E-state index in [-0.39, 0.29) is 0 Å². The van der Waals surface area contributed by atoms with Gasteiger partial charge in [0.2, 0.25) is 0 Å². The quantitative estimate of drug-likeness (QED) is 0.420. The van der Waals surface area contributed by atoms with Crippen molar-refractivity contribution < 1.29 is 9.25 Å². The molecule has 6 heteroatoms. The van der Waals surface area contributed by atoms with Crippen LogP contribution in [-0.2, 0) is 5.75 Å². The molecule has 0 aliphatic rings. The second kappa shape index (κ2) is 5.46. The molecule has 96 valence electrons. The molecule has 0 aromatic carbocycles. The fourth-order valence-corrected chi connectivity index (χ4v) is 3.05. The van der Waals surface area contributed by atoms with E-state index in [1.165, 1.54) is 18.0 Å². The zero-order chi connectivity index (χ0) is 13.1. The molecule has 19 heavy (non-hydrogen) atoms. The van der Waals surface area contributed by atoms with Crippen LogP contribution in [0.1, 0.15) is 5.69 Å². The van der Waals surface area contributed by atoms with Gasteiger partial charge in [-0.3, -0.25) is 0 Å². The first-order chi connectivity index (χ1) is 9.33. The van der Waals surface area contributed by atoms with Gasteiger partial charge in [0.1, 0.15) is 0 Å². The molecule has 0 aliphatic carbocycles. The van der Waals surface area contributed by atoms with E-state index in [1.54, 1.807) is 23.5 Å². The van der Waals surface area contributed by atoms with Crippen LogP contribution in [0.25, 0.3) is 10.6 Å². The largest absolute Gasteiger partial charge is 0.618 e. The highest BCUT2D eigenvalue weighted by atomic mass is 32.2. The SMILES string of the molecule is [O-][n+]1ccccc1SCc1cc(-c2cccs2)on1. The highest BCUT2D eigenvalue weighted by Gasteiger charge is 2.10. The van der Waals surface area contributed by atoms with E-state index in [1.807, 2.05) is 29.6 Å². The van der Waals surface area contributed by atoms with Crippen LogP contribution in [-0.4, -0.2) is 5.16 Å². The topological polar surface area (TPSA) is 53.0 Å². The Hall–Kier alpha value is -1.79. The van der Waals surface area contributed by atoms with E-state index >= 15 is 0 Å². The first-order valence-electron chi connectivity index (χ1n) is 5.63. The molecule has 0 bridgehead atoms. The maximum Gasteiger partial charge on any atom is 0.251 e. The number of aromatic nitrogens is 2. The van der Waals surface area contributed by atoms with Gasteiger partial charge < -0.3 is 9.73 Å². The van der Waals surface area contributed by atoms with E-state index in [9.17, 15) is 5.21 Å². The number of hydrogen-bond acceptors (Lipinski definition) is 5. The highest BCUT2D eigenvalue weighted by molar-refractivity contribution is 7.98. The molecule has 3 aromatic rings. The van der Waals surface area contributed by atoms with Crippen molar-refractivity contribution >= 4 is 23.1 Å². The maximum atomic E-state index is 11.5. The Kier molecular flexibility index (Phi) is 3.52. The Morgan fingerprint density at radius 1 is 1.32 bits per heavy atom. The molecule has 0 unspecified atom stereocenters. The number of hydrogen-bond donors (Lipinski definition) is 0. The lowest BCUT2D eigenvalue weighted by Gasteiger charge is -2.00. The van der Waals surface area contributed by atoms with Crippen LogP contribution in [0, 0.1) is 5.21 Å². The van der Waals surface area contributed by atoms with Gasteiger partial charge in [-0.05, 0) is 29.3 Å². The molecule has 0 atom stereocenters. The summed E-state index contributed by atoms with van der Waals surface area (Å²) in [6, 6.07) is 11.2. The summed E-state index contributed by atoms with van der Waals surface area (Å²) in [5, 5.41) is 18.2. The summed E-state index contributed by atoms with van der Waals surface area (Å²) >= 11 is 3.05. The molecule has 0 amide bonds. The lowest BCUT2D eigenvalue weighted by atomic mass is 10.3. The van der Waals surface area contributed by atoms with Gasteiger partial charge in [-0.15, -0.1) is 11.3 Å². The average Bonchev–Trinajstić information content (AvgIpc) is 3.09. The molecule has 0 spiro atoms. The molecule has 3 heterocycles. The van der Waals surface area contributed by atoms with E-state index in [4.69, 9.17) is 4.52 Å². The summed E-state index contributed by atoms with van der Waals surface area (Å²) in [6.45, 7) is 0. The molecule has 0 saturated heterocycles. The summed E-state index contributed by atoms with van der Waals surface area (Å²) in [6.07, 6.45) is 1.49. The zero-order valence-electron chi connectivity index (χ0n) is 9.85. The second-order valence-electron chi connectivity index (χ2n) is 3.81. The number of nitrogens with zero attached hydrogens (tertiary/aromatic N) is 2. The fraction of sp³-hybridized carbons (Fsp3) is 0.0769. The van der Waals surface area contributed by atoms with E-state index < -0.39 is 0 Å². The van der Waals surface area contributed by atoms with Crippen molar-refractivity contribution in [3.05, 3.63) is 58.9 Å². The highest BCUT2D eigenvalue weighted by Crippen LogP contribution is 2.27. The molecule has 3 rings (SSSR count). The molecule has 0 aliphatic heterocycles. The summed E-state index contributed by atoms with van der Waals surface area (Å²) in [4.78, 5) is 1.06. The molecule has 0 radical (unpaired) electrons. The van der Waals surface area contributed by atoms with Gasteiger partial charge in [0.05, 0.1) is 10.6 Å². The smallest absolute Gasteiger partial charge is 0.251 e. The van der Waals surface area contributed by atoms with E-state index in [0.717, 1.165) is 21.1 Å². The predicted molar refractivity (Wildman–Crippen MR) is 74.8 cm³/mol. The van der Waals surface area contributed by atoms with E-state index in [0.29, 0.717) is 10.8 Å². The van der Waals surface area contributed by atoms with Gasteiger partial charge >= 0.3 is 0 Å². The Balaban J connectivity index is 1.70. The summed E-state index contributed by atoms with van der Waals surface area (Å²) in [5.41, 5.74) is 0.831. The second-order valence-corrected chi connectivity index (χ2v) is 5.76. The standard InChI is InChI=1S/C13H10N2O2S2/c16-15-6-2-1-5-13(15)19-9-10-8-11(17-14-10)12-4-3-7-18-12/h1-8H,9H2. The van der Waals surface area contributed by atoms with Crippen molar-refractivity contribution in [3.8, 4) is 10.6 Å². The Morgan fingerprint density at radius 3 is 3.05 bits per heavy atom. The summed E-state index contributed by atoms with van der Waals surface area (Å²) in [7, 11) is 0. The van der Waals surface area contributed by atoms with Gasteiger partial charge in [-0.2, -0.15) is 4.73 Å². The minimum absolute atomic E-state index is 0.612. The Bertz CT molecular complexity index is 665. The third-order valence-corrected chi connectivity index (χ3v) is 4.42. The third kappa shape index (κ3) is 2.80. The molecular weight excluding hydrogens is 280 g/mol. The zero-order valence-corrected chi connectivity index (χ0v) is 11.5. The monoisotopic (exact) mass is 290 g/mol. The van der Waals surface area contributed by atoms with Crippen LogP contribution in [0.15, 0.2) is 57.5 Å². The molecule has 3 aromatic heterocycles. The van der Waals surface area contributed by atoms with Crippen LogP contribution in [0.2, 0.25) is 0 Å². The van der Waals surface area contributed by atoms with Crippen molar-refractivity contribution in [2.24, 2.45) is 0 Å². The van der Waals surface area contributed by atoms with Gasteiger partial charge in [0, 0.05) is 24.0 Å². The normalized spacial score (nSPS) is 10.7. The molecular formula is C13H10N2O2S2. The Morgan fingerprint density at radius 2 is 2.26 bits per heavy atom. The van der Waals surface area contributed by atoms with Crippen LogP contribution in [0.4, 0.5) is 0 Å². The van der Waals surface area contributed by atoms with Crippen molar-refractivity contribution in [2.75, 3.05) is 0 Å². The van der Waals surface area contributed by atoms with Gasteiger partial charge in [-0.1, -0.05) is 11.2 Å². The predicted octanol–water partition coefficient (Wildman–Crippen LogP) is 3.33. The summed E-state index contributed by atoms with van der Waals surface area (Å²) in [5.74, 6) is 1.38. The minimum Gasteiger partial charge on any atom is -0.618 e. The van der Waals surface area contributed by atoms with Crippen LogP contribution < -0.4 is 4.73 Å². The van der Waals surface area contributed by atoms with Gasteiger partial charge in [-0.25, -0.2) is 0 Å². The van der Waals surface area contributed by atoms with Crippen molar-refractivity contribution in [3.63, 3.8) is 0 Å². The first kappa shape index (κ1) is 12.3. The lowest BCUT2D eigenvalue weighted by molar-refractivity contribution is -0.645. The number of thioether (sulfide) groups is 1. The van der Waals surface area contributed by atoms with Crippen LogP contribution >= 0.6 is 23.1 Å². The average molecular weight is 290 g/mol. The van der Waals surface area contributed by atoms with Crippen LogP contribution in [0.3, 0.4) is 0 Å². The fourth-order valence-electron chi connectivity index (χ4n) is 1.59. The minimum atomic E-state index is 0.612. The molecule has 0 N–H and O–H groups in total. The van der Waals surface area contributed by atoms with Crippen LogP contribution in [0.5, 0.6) is 0 Å². The lowest BCUT2D eigenvalue weighted by Crippen LogP contribution is -2.27. The first-order valence-corrected chi connectivity index (χ1v) is 7.50. The summed E-state index contributed by atoms with van der Waals surface area (Å²) < 4.78 is 6.14. The third-order valence-electron chi connectivity index (χ3n) is 2.48. The number of pyridine rings is 1.